The molecule has 0 saturated carbocycles. The molecule has 1 fully saturated rings. The van der Waals surface area contributed by atoms with Crippen LogP contribution < -0.4 is 16.6 Å². The molecule has 6 N–H and O–H groups in total. The first-order valence-corrected chi connectivity index (χ1v) is 10.3. The third-order valence-corrected chi connectivity index (χ3v) is 6.36. The smallest absolute Gasteiger partial charge is 0.167 e. The summed E-state index contributed by atoms with van der Waals surface area (Å²) in [6.07, 6.45) is 1.17. The van der Waals surface area contributed by atoms with Crippen LogP contribution in [-0.4, -0.2) is 77.8 Å². The highest BCUT2D eigenvalue weighted by Gasteiger charge is 2.46. The number of carboxylic acid groups (broad SMARTS) is 1. The summed E-state index contributed by atoms with van der Waals surface area (Å²) in [5.74, 6) is -0.0611. The summed E-state index contributed by atoms with van der Waals surface area (Å²) in [4.78, 5) is 22.8. The Morgan fingerprint density at radius 2 is 2.15 bits per heavy atom. The molecule has 0 radical (unpaired) electrons. The van der Waals surface area contributed by atoms with Crippen molar-refractivity contribution >= 4 is 33.8 Å². The predicted octanol–water partition coefficient (Wildman–Crippen LogP) is -3.26. The number of aliphatic hydroxyl groups is 2. The lowest BCUT2D eigenvalue weighted by atomic mass is 10.1. The van der Waals surface area contributed by atoms with E-state index in [0.29, 0.717) is 22.7 Å². The van der Waals surface area contributed by atoms with Gasteiger partial charge in [-0.05, 0) is 10.9 Å². The number of carbonyl (C=O) groups is 1. The van der Waals surface area contributed by atoms with E-state index in [9.17, 15) is 20.1 Å². The zero-order valence-corrected chi connectivity index (χ0v) is 15.5. The standard InChI is InChI=1S/C15H22N6O5S/c1-27(3-2-7(16)15(24)25)4-8-10(22)11(23)14(26-8)21-6-20-9-12(17)18-5-19-13(9)21/h5-8,10-11,14,22-23H,2-4,16H2,1H3,(H2-,17,18,19,24,25)/t7?,8-,10?,11+,14-,27?/m1/s1. The first-order valence-electron chi connectivity index (χ1n) is 8.29. The minimum Gasteiger partial charge on any atom is -0.548 e. The number of aliphatic carboxylic acids is 1. The van der Waals surface area contributed by atoms with E-state index in [0.717, 1.165) is 0 Å². The fourth-order valence-electron chi connectivity index (χ4n) is 2.96. The van der Waals surface area contributed by atoms with Crippen molar-refractivity contribution < 1.29 is 24.9 Å². The van der Waals surface area contributed by atoms with Gasteiger partial charge in [-0.1, -0.05) is 0 Å². The van der Waals surface area contributed by atoms with E-state index >= 15 is 0 Å². The minimum absolute atomic E-state index is 0.211. The zero-order valence-electron chi connectivity index (χ0n) is 14.6. The molecule has 11 nitrogen and oxygen atoms in total. The Bertz CT molecular complexity index is 819. The Balaban J connectivity index is 1.68. The van der Waals surface area contributed by atoms with E-state index in [2.05, 4.69) is 15.0 Å². The lowest BCUT2D eigenvalue weighted by Gasteiger charge is -2.16. The second-order valence-electron chi connectivity index (χ2n) is 6.50. The number of hydrogen-bond acceptors (Lipinski definition) is 10. The van der Waals surface area contributed by atoms with Crippen molar-refractivity contribution in [1.29, 1.82) is 0 Å². The van der Waals surface area contributed by atoms with Crippen molar-refractivity contribution in [1.82, 2.24) is 19.5 Å². The molecule has 1 aliphatic heterocycles. The highest BCUT2D eigenvalue weighted by atomic mass is 32.2. The van der Waals surface area contributed by atoms with Gasteiger partial charge in [-0.25, -0.2) is 15.0 Å². The lowest BCUT2D eigenvalue weighted by molar-refractivity contribution is -0.307. The summed E-state index contributed by atoms with van der Waals surface area (Å²) < 4.78 is 7.39. The molecule has 3 heterocycles. The number of anilines is 1. The van der Waals surface area contributed by atoms with Crippen molar-refractivity contribution in [2.45, 2.75) is 37.0 Å². The van der Waals surface area contributed by atoms with Crippen LogP contribution in [0, 0.1) is 0 Å². The number of carbonyl (C=O) groups excluding carboxylic acids is 1. The molecule has 1 aliphatic rings. The van der Waals surface area contributed by atoms with Crippen molar-refractivity contribution in [2.75, 3.05) is 23.5 Å². The van der Waals surface area contributed by atoms with E-state index in [1.54, 1.807) is 0 Å². The average molecular weight is 398 g/mol. The second kappa shape index (κ2) is 7.94. The highest BCUT2D eigenvalue weighted by Crippen LogP contribution is 2.32. The minimum atomic E-state index is -1.28. The molecule has 0 amide bonds. The monoisotopic (exact) mass is 398 g/mol. The molecular formula is C15H22N6O5S. The Kier molecular flexibility index (Phi) is 5.81. The molecule has 2 aromatic rings. The molecule has 27 heavy (non-hydrogen) atoms. The van der Waals surface area contributed by atoms with Gasteiger partial charge in [0.25, 0.3) is 0 Å². The topological polar surface area (TPSA) is 185 Å². The fourth-order valence-corrected chi connectivity index (χ4v) is 4.62. The Labute approximate surface area is 157 Å². The third-order valence-electron chi connectivity index (χ3n) is 4.53. The summed E-state index contributed by atoms with van der Waals surface area (Å²) in [6.45, 7) is 0. The number of aliphatic hydroxyl groups excluding tert-OH is 2. The molecule has 3 unspecified atom stereocenters. The van der Waals surface area contributed by atoms with Crippen LogP contribution in [0.4, 0.5) is 5.82 Å². The van der Waals surface area contributed by atoms with E-state index in [4.69, 9.17) is 16.2 Å². The van der Waals surface area contributed by atoms with Crippen LogP contribution in [0.1, 0.15) is 12.6 Å². The molecule has 148 valence electrons. The molecule has 3 rings (SSSR count). The van der Waals surface area contributed by atoms with E-state index in [1.807, 2.05) is 6.26 Å². The van der Waals surface area contributed by atoms with E-state index < -0.39 is 36.6 Å². The fraction of sp³-hybridized carbons (Fsp3) is 0.600. The van der Waals surface area contributed by atoms with Gasteiger partial charge in [-0.3, -0.25) is 4.57 Å². The van der Waals surface area contributed by atoms with Crippen molar-refractivity contribution in [3.8, 4) is 0 Å². The molecule has 0 bridgehead atoms. The Morgan fingerprint density at radius 1 is 1.41 bits per heavy atom. The van der Waals surface area contributed by atoms with Gasteiger partial charge < -0.3 is 36.3 Å². The molecule has 0 aromatic carbocycles. The number of ether oxygens (including phenoxy) is 1. The summed E-state index contributed by atoms with van der Waals surface area (Å²) in [6, 6.07) is -1.02. The summed E-state index contributed by atoms with van der Waals surface area (Å²) in [5, 5.41) is 31.5. The number of nitrogens with two attached hydrogens (primary N) is 2. The summed E-state index contributed by atoms with van der Waals surface area (Å²) in [5.41, 5.74) is 12.0. The van der Waals surface area contributed by atoms with Gasteiger partial charge in [0.05, 0.1) is 18.6 Å². The van der Waals surface area contributed by atoms with Crippen molar-refractivity contribution in [3.05, 3.63) is 12.7 Å². The number of rotatable bonds is 7. The molecule has 2 aromatic heterocycles. The van der Waals surface area contributed by atoms with E-state index in [-0.39, 0.29) is 23.1 Å². The van der Waals surface area contributed by atoms with Gasteiger partial charge in [-0.15, -0.1) is 0 Å². The molecule has 12 heteroatoms. The van der Waals surface area contributed by atoms with Crippen molar-refractivity contribution in [3.63, 3.8) is 0 Å². The molecule has 6 atom stereocenters. The van der Waals surface area contributed by atoms with Crippen LogP contribution >= 0.6 is 0 Å². The third kappa shape index (κ3) is 3.99. The van der Waals surface area contributed by atoms with Crippen LogP contribution in [0.15, 0.2) is 12.7 Å². The normalized spacial score (nSPS) is 27.7. The van der Waals surface area contributed by atoms with Gasteiger partial charge in [-0.2, -0.15) is 0 Å². The lowest BCUT2D eigenvalue weighted by Crippen LogP contribution is -2.43. The second-order valence-corrected chi connectivity index (χ2v) is 8.80. The van der Waals surface area contributed by atoms with Gasteiger partial charge >= 0.3 is 0 Å². The average Bonchev–Trinajstić information content (AvgIpc) is 3.17. The van der Waals surface area contributed by atoms with Crippen LogP contribution in [0.2, 0.25) is 0 Å². The van der Waals surface area contributed by atoms with Gasteiger partial charge in [0, 0.05) is 12.5 Å². The number of carboxylic acids is 1. The maximum absolute atomic E-state index is 10.7. The quantitative estimate of drug-likeness (QED) is 0.345. The number of nitrogen functional groups attached to an aromatic ring is 1. The first kappa shape index (κ1) is 19.8. The Hall–Kier alpha value is -1.99. The van der Waals surface area contributed by atoms with Crippen LogP contribution in [0.25, 0.3) is 11.2 Å². The summed E-state index contributed by atoms with van der Waals surface area (Å²) in [7, 11) is -0.263. The maximum Gasteiger partial charge on any atom is 0.167 e. The van der Waals surface area contributed by atoms with E-state index in [1.165, 1.54) is 17.2 Å². The number of fused-ring (bicyclic) bond motifs is 1. The largest absolute Gasteiger partial charge is 0.548 e. The van der Waals surface area contributed by atoms with Crippen LogP contribution in [-0.2, 0) is 20.4 Å². The predicted molar refractivity (Wildman–Crippen MR) is 96.3 cm³/mol. The van der Waals surface area contributed by atoms with Crippen LogP contribution in [0.3, 0.4) is 0 Å². The number of nitrogens with zero attached hydrogens (tertiary/aromatic N) is 4. The van der Waals surface area contributed by atoms with Crippen molar-refractivity contribution in [2.24, 2.45) is 5.73 Å². The first-order chi connectivity index (χ1) is 12.8. The molecular weight excluding hydrogens is 376 g/mol. The van der Waals surface area contributed by atoms with Gasteiger partial charge in [0.2, 0.25) is 0 Å². The number of imidazole rings is 1. The highest BCUT2D eigenvalue weighted by molar-refractivity contribution is 7.96. The SMILES string of the molecule is C[S+](CCC(N)C(=O)[O-])C[C@H]1O[C@@H](n2cnc3c(N)ncnc32)[C@@H](O)C1O. The Morgan fingerprint density at radius 3 is 2.85 bits per heavy atom. The van der Waals surface area contributed by atoms with Crippen LogP contribution in [0.5, 0.6) is 0 Å². The molecule has 0 spiro atoms. The maximum atomic E-state index is 10.7. The van der Waals surface area contributed by atoms with Gasteiger partial charge in [0.1, 0.15) is 41.7 Å². The number of aromatic nitrogens is 4. The van der Waals surface area contributed by atoms with Gasteiger partial charge in [0.15, 0.2) is 17.7 Å². The summed E-state index contributed by atoms with van der Waals surface area (Å²) >= 11 is 0. The number of hydrogen-bond donors (Lipinski definition) is 4. The molecule has 1 saturated heterocycles. The molecule has 0 aliphatic carbocycles. The zero-order chi connectivity index (χ0) is 19.7.